The summed E-state index contributed by atoms with van der Waals surface area (Å²) >= 11 is 5.38. The van der Waals surface area contributed by atoms with Gasteiger partial charge in [0, 0.05) is 17.4 Å². The Hall–Kier alpha value is -3.05. The van der Waals surface area contributed by atoms with Gasteiger partial charge >= 0.3 is 0 Å². The Morgan fingerprint density at radius 1 is 0.880 bits per heavy atom. The minimum atomic E-state index is 0.410. The summed E-state index contributed by atoms with van der Waals surface area (Å²) in [4.78, 5) is 8.82. The second-order valence-corrected chi connectivity index (χ2v) is 5.68. The zero-order valence-corrected chi connectivity index (χ0v) is 14.4. The van der Waals surface area contributed by atoms with Gasteiger partial charge in [0.25, 0.3) is 0 Å². The van der Waals surface area contributed by atoms with E-state index in [0.717, 1.165) is 16.9 Å². The molecule has 0 fully saturated rings. The van der Waals surface area contributed by atoms with Crippen LogP contribution in [-0.4, -0.2) is 15.9 Å². The number of aliphatic imine (C=N–C) groups is 1. The summed E-state index contributed by atoms with van der Waals surface area (Å²) in [6.07, 6.45) is 1.76. The van der Waals surface area contributed by atoms with E-state index in [-0.39, 0.29) is 0 Å². The number of pyridine rings is 1. The van der Waals surface area contributed by atoms with Crippen LogP contribution >= 0.6 is 12.2 Å². The Morgan fingerprint density at radius 2 is 1.56 bits per heavy atom. The topological polar surface area (TPSA) is 49.3 Å². The highest BCUT2D eigenvalue weighted by Crippen LogP contribution is 2.09. The number of rotatable bonds is 4. The molecule has 0 radical (unpaired) electrons. The van der Waals surface area contributed by atoms with Crippen molar-refractivity contribution in [1.29, 1.82) is 0 Å². The quantitative estimate of drug-likeness (QED) is 0.426. The van der Waals surface area contributed by atoms with Crippen LogP contribution in [0.25, 0.3) is 0 Å². The van der Waals surface area contributed by atoms with Gasteiger partial charge in [0.1, 0.15) is 5.84 Å². The first kappa shape index (κ1) is 16.8. The van der Waals surface area contributed by atoms with Crippen LogP contribution < -0.4 is 10.6 Å². The lowest BCUT2D eigenvalue weighted by molar-refractivity contribution is 0.878. The molecular formula is C20H18N4S. The van der Waals surface area contributed by atoms with E-state index in [1.165, 1.54) is 0 Å². The van der Waals surface area contributed by atoms with Gasteiger partial charge in [-0.05, 0) is 36.5 Å². The molecule has 2 N–H and O–H groups in total. The van der Waals surface area contributed by atoms with Crippen LogP contribution in [0.1, 0.15) is 11.3 Å². The molecule has 25 heavy (non-hydrogen) atoms. The first-order valence-corrected chi connectivity index (χ1v) is 8.36. The lowest BCUT2D eigenvalue weighted by Crippen LogP contribution is -2.23. The van der Waals surface area contributed by atoms with Crippen LogP contribution in [0.5, 0.6) is 0 Å². The van der Waals surface area contributed by atoms with Crippen molar-refractivity contribution in [1.82, 2.24) is 10.3 Å². The maximum atomic E-state index is 5.38. The van der Waals surface area contributed by atoms with Crippen LogP contribution in [-0.2, 0) is 6.54 Å². The summed E-state index contributed by atoms with van der Waals surface area (Å²) < 4.78 is 0. The van der Waals surface area contributed by atoms with Crippen LogP contribution in [0.3, 0.4) is 0 Å². The van der Waals surface area contributed by atoms with Gasteiger partial charge < -0.3 is 10.6 Å². The highest BCUT2D eigenvalue weighted by molar-refractivity contribution is 7.80. The Morgan fingerprint density at radius 3 is 2.24 bits per heavy atom. The van der Waals surface area contributed by atoms with E-state index in [1.807, 2.05) is 78.9 Å². The summed E-state index contributed by atoms with van der Waals surface area (Å²) in [6.45, 7) is 0.538. The van der Waals surface area contributed by atoms with E-state index in [2.05, 4.69) is 20.6 Å². The molecule has 0 unspecified atom stereocenters. The van der Waals surface area contributed by atoms with Gasteiger partial charge in [-0.25, -0.2) is 4.99 Å². The predicted octanol–water partition coefficient (Wildman–Crippen LogP) is 4.02. The zero-order valence-electron chi connectivity index (χ0n) is 13.6. The van der Waals surface area contributed by atoms with E-state index < -0.39 is 0 Å². The third-order valence-corrected chi connectivity index (χ3v) is 3.68. The number of aromatic nitrogens is 1. The second-order valence-electron chi connectivity index (χ2n) is 5.30. The van der Waals surface area contributed by atoms with Crippen LogP contribution in [0.4, 0.5) is 5.69 Å². The third-order valence-electron chi connectivity index (χ3n) is 3.44. The number of para-hydroxylation sites is 1. The number of amidine groups is 1. The van der Waals surface area contributed by atoms with Gasteiger partial charge in [-0.2, -0.15) is 0 Å². The molecule has 0 bridgehead atoms. The number of nitrogens with one attached hydrogen (secondary N) is 2. The standard InChI is InChI=1S/C20H18N4S/c25-20(22-15-18-13-7-8-14-21-18)24-19(16-9-3-1-4-10-16)23-17-11-5-2-6-12-17/h1-14H,15H2,(H2,22,23,24,25). The smallest absolute Gasteiger partial charge is 0.195 e. The van der Waals surface area contributed by atoms with Gasteiger partial charge in [-0.15, -0.1) is 0 Å². The summed E-state index contributed by atoms with van der Waals surface area (Å²) in [5, 5.41) is 6.87. The van der Waals surface area contributed by atoms with Gasteiger partial charge in [-0.3, -0.25) is 4.98 Å². The SMILES string of the molecule is S=C(N=C(Nc1ccccc1)c1ccccc1)NCc1ccccn1. The number of benzene rings is 2. The lowest BCUT2D eigenvalue weighted by Gasteiger charge is -2.11. The van der Waals surface area contributed by atoms with Gasteiger partial charge in [-0.1, -0.05) is 54.6 Å². The number of anilines is 1. The predicted molar refractivity (Wildman–Crippen MR) is 107 cm³/mol. The number of hydrogen-bond donors (Lipinski definition) is 2. The maximum Gasteiger partial charge on any atom is 0.195 e. The maximum absolute atomic E-state index is 5.38. The Labute approximate surface area is 152 Å². The summed E-state index contributed by atoms with van der Waals surface area (Å²) in [5.41, 5.74) is 2.84. The van der Waals surface area contributed by atoms with Gasteiger partial charge in [0.2, 0.25) is 0 Å². The summed E-state index contributed by atoms with van der Waals surface area (Å²) in [6, 6.07) is 25.6. The molecule has 1 heterocycles. The number of hydrogen-bond acceptors (Lipinski definition) is 2. The molecule has 0 atom stereocenters. The molecule has 0 spiro atoms. The molecule has 1 aromatic heterocycles. The molecule has 3 rings (SSSR count). The number of nitrogens with zero attached hydrogens (tertiary/aromatic N) is 2. The van der Waals surface area contributed by atoms with Crippen molar-refractivity contribution in [3.63, 3.8) is 0 Å². The molecule has 5 heteroatoms. The van der Waals surface area contributed by atoms with Crippen LogP contribution in [0.2, 0.25) is 0 Å². The van der Waals surface area contributed by atoms with Crippen molar-refractivity contribution in [3.8, 4) is 0 Å². The molecule has 2 aromatic carbocycles. The molecule has 0 aliphatic carbocycles. The highest BCUT2D eigenvalue weighted by Gasteiger charge is 2.05. The van der Waals surface area contributed by atoms with Gasteiger partial charge in [0.15, 0.2) is 5.11 Å². The van der Waals surface area contributed by atoms with E-state index in [4.69, 9.17) is 12.2 Å². The molecule has 0 aliphatic rings. The molecule has 3 aromatic rings. The molecule has 0 aliphatic heterocycles. The second kappa shape index (κ2) is 8.70. The molecule has 0 saturated carbocycles. The van der Waals surface area contributed by atoms with E-state index in [1.54, 1.807) is 6.20 Å². The fourth-order valence-electron chi connectivity index (χ4n) is 2.23. The normalized spacial score (nSPS) is 11.0. The van der Waals surface area contributed by atoms with Crippen LogP contribution in [0, 0.1) is 0 Å². The fourth-order valence-corrected chi connectivity index (χ4v) is 2.39. The van der Waals surface area contributed by atoms with Crippen molar-refractivity contribution >= 4 is 28.9 Å². The number of thiocarbonyl (C=S) groups is 1. The molecule has 4 nitrogen and oxygen atoms in total. The minimum Gasteiger partial charge on any atom is -0.355 e. The first-order valence-electron chi connectivity index (χ1n) is 7.95. The first-order chi connectivity index (χ1) is 12.3. The molecule has 0 saturated heterocycles. The van der Waals surface area contributed by atoms with E-state index in [9.17, 15) is 0 Å². The van der Waals surface area contributed by atoms with Crippen molar-refractivity contribution in [2.75, 3.05) is 5.32 Å². The largest absolute Gasteiger partial charge is 0.355 e. The van der Waals surface area contributed by atoms with Crippen LogP contribution in [0.15, 0.2) is 90.1 Å². The zero-order chi connectivity index (χ0) is 17.3. The average molecular weight is 346 g/mol. The van der Waals surface area contributed by atoms with Crippen molar-refractivity contribution < 1.29 is 0 Å². The Kier molecular flexibility index (Phi) is 5.85. The Bertz CT molecular complexity index is 833. The Balaban J connectivity index is 1.76. The summed E-state index contributed by atoms with van der Waals surface area (Å²) in [7, 11) is 0. The van der Waals surface area contributed by atoms with E-state index >= 15 is 0 Å². The van der Waals surface area contributed by atoms with Crippen molar-refractivity contribution in [3.05, 3.63) is 96.3 Å². The van der Waals surface area contributed by atoms with E-state index in [0.29, 0.717) is 17.5 Å². The minimum absolute atomic E-state index is 0.410. The summed E-state index contributed by atoms with van der Waals surface area (Å²) in [5.74, 6) is 0.699. The monoisotopic (exact) mass is 346 g/mol. The van der Waals surface area contributed by atoms with Crippen molar-refractivity contribution in [2.24, 2.45) is 4.99 Å². The highest BCUT2D eigenvalue weighted by atomic mass is 32.1. The lowest BCUT2D eigenvalue weighted by atomic mass is 10.2. The molecule has 0 amide bonds. The third kappa shape index (κ3) is 5.22. The molecule has 124 valence electrons. The van der Waals surface area contributed by atoms with Gasteiger partial charge in [0.05, 0.1) is 12.2 Å². The fraction of sp³-hybridized carbons (Fsp3) is 0.0500. The molecular weight excluding hydrogens is 328 g/mol. The average Bonchev–Trinajstić information content (AvgIpc) is 2.68. The van der Waals surface area contributed by atoms with Crippen molar-refractivity contribution in [2.45, 2.75) is 6.54 Å².